The molecule has 4 aliphatic heterocycles. The summed E-state index contributed by atoms with van der Waals surface area (Å²) >= 11 is 0. The van der Waals surface area contributed by atoms with Gasteiger partial charge in [0.1, 0.15) is 12.2 Å². The SMILES string of the molecule is C[Si]1O[Si](C)(CCCOCC2CO2)O[Si](C)O[Si](C)(C2CCOCC3OC32)O1. The molecule has 0 amide bonds. The van der Waals surface area contributed by atoms with Gasteiger partial charge in [-0.1, -0.05) is 0 Å². The molecule has 4 saturated heterocycles. The third kappa shape index (κ3) is 5.62. The van der Waals surface area contributed by atoms with Crippen LogP contribution in [-0.2, 0) is 35.4 Å². The minimum atomic E-state index is -2.49. The molecular weight excluding hydrogens is 433 g/mol. The Bertz CT molecular complexity index is 525. The maximum atomic E-state index is 6.60. The van der Waals surface area contributed by atoms with Gasteiger partial charge in [-0.3, -0.25) is 0 Å². The summed E-state index contributed by atoms with van der Waals surface area (Å²) < 4.78 is 48.5. The molecule has 4 unspecified atom stereocenters. The third-order valence-corrected chi connectivity index (χ3v) is 20.1. The van der Waals surface area contributed by atoms with Crippen molar-refractivity contribution in [1.82, 2.24) is 0 Å². The van der Waals surface area contributed by atoms with Gasteiger partial charge in [0.15, 0.2) is 0 Å². The number of epoxide rings is 2. The van der Waals surface area contributed by atoms with Crippen LogP contribution in [0.15, 0.2) is 0 Å². The number of hydrogen-bond acceptors (Lipinski definition) is 8. The van der Waals surface area contributed by atoms with E-state index in [9.17, 15) is 0 Å². The van der Waals surface area contributed by atoms with Crippen molar-refractivity contribution in [2.75, 3.05) is 33.0 Å². The molecule has 0 saturated carbocycles. The molecule has 0 spiro atoms. The zero-order chi connectivity index (χ0) is 19.8. The second kappa shape index (κ2) is 8.96. The van der Waals surface area contributed by atoms with Gasteiger partial charge in [0.05, 0.1) is 25.9 Å². The minimum Gasteiger partial charge on any atom is -0.415 e. The van der Waals surface area contributed by atoms with Gasteiger partial charge in [-0.2, -0.15) is 0 Å². The maximum Gasteiger partial charge on any atom is 0.362 e. The van der Waals surface area contributed by atoms with E-state index in [1.54, 1.807) is 0 Å². The second-order valence-electron chi connectivity index (χ2n) is 8.28. The van der Waals surface area contributed by atoms with Gasteiger partial charge in [-0.05, 0) is 45.1 Å². The predicted octanol–water partition coefficient (Wildman–Crippen LogP) is 1.81. The summed E-state index contributed by atoms with van der Waals surface area (Å²) in [5.41, 5.74) is 0.274. The Morgan fingerprint density at radius 2 is 1.75 bits per heavy atom. The van der Waals surface area contributed by atoms with E-state index in [-0.39, 0.29) is 17.7 Å². The summed E-state index contributed by atoms with van der Waals surface area (Å²) in [5, 5.41) is 0. The molecule has 0 aromatic carbocycles. The van der Waals surface area contributed by atoms with Crippen molar-refractivity contribution in [3.05, 3.63) is 0 Å². The van der Waals surface area contributed by atoms with Crippen LogP contribution in [0.4, 0.5) is 0 Å². The van der Waals surface area contributed by atoms with Gasteiger partial charge in [0.25, 0.3) is 0 Å². The molecule has 0 aromatic heterocycles. The van der Waals surface area contributed by atoms with Crippen LogP contribution in [-0.4, -0.2) is 87.0 Å². The number of fused-ring (bicyclic) bond motifs is 1. The standard InChI is InChI=1S/C16H32O8Si4/c1-25-21-27(3,9-5-7-17-10-13-11-19-13)22-26(2)24-28(4,23-25)15-6-8-18-12-14-16(15)20-14/h13-16H,5-12H2,1-4H3. The first kappa shape index (κ1) is 21.8. The van der Waals surface area contributed by atoms with E-state index >= 15 is 0 Å². The predicted molar refractivity (Wildman–Crippen MR) is 109 cm³/mol. The molecule has 0 N–H and O–H groups in total. The monoisotopic (exact) mass is 464 g/mol. The van der Waals surface area contributed by atoms with Gasteiger partial charge in [0.2, 0.25) is 0 Å². The van der Waals surface area contributed by atoms with Gasteiger partial charge < -0.3 is 35.4 Å². The zero-order valence-electron chi connectivity index (χ0n) is 17.2. The quantitative estimate of drug-likeness (QED) is 0.321. The van der Waals surface area contributed by atoms with E-state index in [1.807, 2.05) is 0 Å². The Morgan fingerprint density at radius 3 is 2.43 bits per heavy atom. The van der Waals surface area contributed by atoms with Crippen LogP contribution in [0.5, 0.6) is 0 Å². The summed E-state index contributed by atoms with van der Waals surface area (Å²) in [6, 6.07) is 0.888. The van der Waals surface area contributed by atoms with Gasteiger partial charge >= 0.3 is 35.7 Å². The molecule has 4 rings (SSSR count). The average Bonchev–Trinajstić information content (AvgIpc) is 3.45. The zero-order valence-corrected chi connectivity index (χ0v) is 21.2. The van der Waals surface area contributed by atoms with E-state index in [0.29, 0.717) is 25.9 Å². The first-order valence-corrected chi connectivity index (χ1v) is 18.8. The first-order chi connectivity index (χ1) is 13.4. The Labute approximate surface area is 173 Å². The first-order valence-electron chi connectivity index (χ1n) is 10.2. The minimum absolute atomic E-state index is 0.206. The number of hydrogen-bond donors (Lipinski definition) is 0. The maximum absolute atomic E-state index is 6.60. The van der Waals surface area contributed by atoms with Crippen molar-refractivity contribution in [2.45, 2.75) is 68.9 Å². The Balaban J connectivity index is 1.33. The molecule has 2 radical (unpaired) electrons. The van der Waals surface area contributed by atoms with Crippen LogP contribution in [0.1, 0.15) is 12.8 Å². The van der Waals surface area contributed by atoms with Crippen LogP contribution in [0, 0.1) is 0 Å². The Kier molecular flexibility index (Phi) is 6.97. The van der Waals surface area contributed by atoms with Crippen molar-refractivity contribution in [2.24, 2.45) is 0 Å². The molecule has 0 bridgehead atoms. The van der Waals surface area contributed by atoms with Gasteiger partial charge in [-0.25, -0.2) is 0 Å². The van der Waals surface area contributed by atoms with E-state index in [0.717, 1.165) is 32.1 Å². The molecule has 4 fully saturated rings. The fraction of sp³-hybridized carbons (Fsp3) is 1.00. The molecule has 0 aromatic rings. The second-order valence-corrected chi connectivity index (χ2v) is 19.1. The van der Waals surface area contributed by atoms with Crippen molar-refractivity contribution in [3.63, 3.8) is 0 Å². The number of ether oxygens (including phenoxy) is 4. The van der Waals surface area contributed by atoms with Crippen LogP contribution in [0.25, 0.3) is 0 Å². The van der Waals surface area contributed by atoms with E-state index < -0.39 is 35.7 Å². The Hall–Kier alpha value is 0.548. The largest absolute Gasteiger partial charge is 0.415 e. The summed E-state index contributed by atoms with van der Waals surface area (Å²) in [7, 11) is -7.76. The summed E-state index contributed by atoms with van der Waals surface area (Å²) in [4.78, 5) is 0. The topological polar surface area (TPSA) is 80.4 Å². The molecule has 12 heteroatoms. The summed E-state index contributed by atoms with van der Waals surface area (Å²) in [6.07, 6.45) is 2.57. The molecule has 4 heterocycles. The lowest BCUT2D eigenvalue weighted by Crippen LogP contribution is -2.60. The van der Waals surface area contributed by atoms with Crippen molar-refractivity contribution < 1.29 is 35.4 Å². The highest BCUT2D eigenvalue weighted by atomic mass is 28.5. The third-order valence-electron chi connectivity index (χ3n) is 5.58. The summed E-state index contributed by atoms with van der Waals surface area (Å²) in [5.74, 6) is 0. The van der Waals surface area contributed by atoms with Crippen LogP contribution >= 0.6 is 0 Å². The highest BCUT2D eigenvalue weighted by Gasteiger charge is 2.59. The Morgan fingerprint density at radius 1 is 1.04 bits per heavy atom. The fourth-order valence-electron chi connectivity index (χ4n) is 4.17. The smallest absolute Gasteiger partial charge is 0.362 e. The molecule has 8 nitrogen and oxygen atoms in total. The highest BCUT2D eigenvalue weighted by molar-refractivity contribution is 6.85. The lowest BCUT2D eigenvalue weighted by atomic mass is 10.2. The highest BCUT2D eigenvalue weighted by Crippen LogP contribution is 2.45. The van der Waals surface area contributed by atoms with Crippen molar-refractivity contribution in [3.8, 4) is 0 Å². The summed E-state index contributed by atoms with van der Waals surface area (Å²) in [6.45, 7) is 12.1. The lowest BCUT2D eigenvalue weighted by Gasteiger charge is -2.43. The molecule has 4 atom stereocenters. The van der Waals surface area contributed by atoms with E-state index in [1.165, 1.54) is 0 Å². The van der Waals surface area contributed by atoms with E-state index in [4.69, 9.17) is 35.4 Å². The van der Waals surface area contributed by atoms with Crippen LogP contribution in [0.2, 0.25) is 37.8 Å². The van der Waals surface area contributed by atoms with Gasteiger partial charge in [-0.15, -0.1) is 0 Å². The normalized spacial score (nSPS) is 45.0. The molecule has 0 aliphatic carbocycles. The van der Waals surface area contributed by atoms with Crippen molar-refractivity contribution in [1.29, 1.82) is 0 Å². The van der Waals surface area contributed by atoms with Crippen molar-refractivity contribution >= 4 is 35.7 Å². The number of rotatable bonds is 7. The van der Waals surface area contributed by atoms with Gasteiger partial charge in [0, 0.05) is 18.8 Å². The van der Waals surface area contributed by atoms with Crippen LogP contribution < -0.4 is 0 Å². The molecule has 4 aliphatic rings. The molecule has 28 heavy (non-hydrogen) atoms. The lowest BCUT2D eigenvalue weighted by molar-refractivity contribution is 0.107. The molecule has 160 valence electrons. The molecular formula is C16H32O8Si4. The van der Waals surface area contributed by atoms with Crippen LogP contribution in [0.3, 0.4) is 0 Å². The average molecular weight is 465 g/mol. The van der Waals surface area contributed by atoms with E-state index in [2.05, 4.69) is 26.2 Å². The fourth-order valence-corrected chi connectivity index (χ4v) is 20.1.